The number of unbranched alkanes of at least 4 members (excludes halogenated alkanes) is 1. The molecule has 23 heavy (non-hydrogen) atoms. The van der Waals surface area contributed by atoms with Gasteiger partial charge in [-0.05, 0) is 57.7 Å². The Bertz CT molecular complexity index is 506. The van der Waals surface area contributed by atoms with Gasteiger partial charge in [-0.15, -0.1) is 12.4 Å². The molecule has 1 aromatic carbocycles. The van der Waals surface area contributed by atoms with Crippen molar-refractivity contribution in [2.45, 2.75) is 65.0 Å². The van der Waals surface area contributed by atoms with Crippen molar-refractivity contribution >= 4 is 24.0 Å². The lowest BCUT2D eigenvalue weighted by atomic mass is 9.94. The molecule has 0 aliphatic carbocycles. The average molecular weight is 339 g/mol. The molecule has 2 rings (SSSR count). The molecule has 0 N–H and O–H groups in total. The van der Waals surface area contributed by atoms with Crippen LogP contribution in [0.4, 0.5) is 5.69 Å². The molecular formula is C19H31ClN2O. The molecule has 1 aromatic rings. The number of benzene rings is 1. The molecule has 1 unspecified atom stereocenters. The Morgan fingerprint density at radius 3 is 2.65 bits per heavy atom. The number of nitrogens with zero attached hydrogens (tertiary/aromatic N) is 2. The van der Waals surface area contributed by atoms with Gasteiger partial charge in [-0.2, -0.15) is 0 Å². The number of likely N-dealkylation sites (N-methyl/N-ethyl adjacent to an activating group) is 1. The number of halogens is 1. The first kappa shape index (κ1) is 20.0. The van der Waals surface area contributed by atoms with Crippen LogP contribution in [-0.2, 0) is 4.79 Å². The number of piperidine rings is 1. The van der Waals surface area contributed by atoms with Crippen molar-refractivity contribution in [2.24, 2.45) is 0 Å². The number of para-hydroxylation sites is 1. The van der Waals surface area contributed by atoms with Crippen LogP contribution >= 0.6 is 12.4 Å². The van der Waals surface area contributed by atoms with Crippen LogP contribution in [0, 0.1) is 6.92 Å². The SMILES string of the molecule is CCCCN1C(C)CCC[C@H]1C(=O)N(C)c1ccccc1C.Cl. The number of likely N-dealkylation sites (tertiary alicyclic amines) is 1. The molecule has 0 bridgehead atoms. The van der Waals surface area contributed by atoms with E-state index in [1.807, 2.05) is 30.1 Å². The zero-order valence-corrected chi connectivity index (χ0v) is 15.7. The Morgan fingerprint density at radius 1 is 1.30 bits per heavy atom. The minimum absolute atomic E-state index is 0. The van der Waals surface area contributed by atoms with Gasteiger partial charge in [-0.1, -0.05) is 31.5 Å². The summed E-state index contributed by atoms with van der Waals surface area (Å²) in [5, 5.41) is 0. The van der Waals surface area contributed by atoms with Gasteiger partial charge < -0.3 is 4.90 Å². The molecule has 1 fully saturated rings. The van der Waals surface area contributed by atoms with Crippen molar-refractivity contribution in [2.75, 3.05) is 18.5 Å². The van der Waals surface area contributed by atoms with Crippen LogP contribution in [0.1, 0.15) is 51.5 Å². The molecule has 1 heterocycles. The molecule has 1 aliphatic rings. The lowest BCUT2D eigenvalue weighted by Gasteiger charge is -2.41. The lowest BCUT2D eigenvalue weighted by Crippen LogP contribution is -2.53. The molecule has 0 spiro atoms. The molecule has 4 heteroatoms. The normalized spacial score (nSPS) is 21.6. The molecule has 1 saturated heterocycles. The van der Waals surface area contributed by atoms with Crippen molar-refractivity contribution in [3.63, 3.8) is 0 Å². The summed E-state index contributed by atoms with van der Waals surface area (Å²) in [6, 6.07) is 8.69. The van der Waals surface area contributed by atoms with E-state index in [4.69, 9.17) is 0 Å². The number of hydrogen-bond donors (Lipinski definition) is 0. The van der Waals surface area contributed by atoms with E-state index in [0.717, 1.165) is 30.6 Å². The van der Waals surface area contributed by atoms with Gasteiger partial charge in [-0.3, -0.25) is 9.69 Å². The van der Waals surface area contributed by atoms with Gasteiger partial charge in [0.1, 0.15) is 0 Å². The summed E-state index contributed by atoms with van der Waals surface area (Å²) in [7, 11) is 1.92. The molecule has 1 aliphatic heterocycles. The van der Waals surface area contributed by atoms with Gasteiger partial charge >= 0.3 is 0 Å². The number of aryl methyl sites for hydroxylation is 1. The van der Waals surface area contributed by atoms with Gasteiger partial charge in [0, 0.05) is 18.8 Å². The second kappa shape index (κ2) is 9.29. The Balaban J connectivity index is 0.00000264. The molecule has 1 amide bonds. The molecule has 0 radical (unpaired) electrons. The smallest absolute Gasteiger partial charge is 0.244 e. The second-order valence-corrected chi connectivity index (χ2v) is 6.57. The quantitative estimate of drug-likeness (QED) is 0.793. The van der Waals surface area contributed by atoms with E-state index in [1.54, 1.807) is 0 Å². The molecule has 0 aromatic heterocycles. The van der Waals surface area contributed by atoms with Crippen LogP contribution in [0.2, 0.25) is 0 Å². The minimum atomic E-state index is 0. The van der Waals surface area contributed by atoms with Crippen molar-refractivity contribution in [1.29, 1.82) is 0 Å². The van der Waals surface area contributed by atoms with Crippen molar-refractivity contribution in [1.82, 2.24) is 4.90 Å². The highest BCUT2D eigenvalue weighted by Crippen LogP contribution is 2.27. The lowest BCUT2D eigenvalue weighted by molar-refractivity contribution is -0.126. The van der Waals surface area contributed by atoms with E-state index in [9.17, 15) is 4.79 Å². The molecular weight excluding hydrogens is 308 g/mol. The highest BCUT2D eigenvalue weighted by molar-refractivity contribution is 5.97. The standard InChI is InChI=1S/C19H30N2O.ClH/c1-5-6-14-21-16(3)11-9-13-18(21)19(22)20(4)17-12-8-7-10-15(17)2;/h7-8,10,12,16,18H,5-6,9,11,13-14H2,1-4H3;1H/t16?,18-;/m0./s1. The first-order valence-electron chi connectivity index (χ1n) is 8.65. The zero-order valence-electron chi connectivity index (χ0n) is 14.9. The van der Waals surface area contributed by atoms with Crippen LogP contribution < -0.4 is 4.90 Å². The predicted molar refractivity (Wildman–Crippen MR) is 101 cm³/mol. The maximum absolute atomic E-state index is 13.1. The van der Waals surface area contributed by atoms with Crippen molar-refractivity contribution in [3.8, 4) is 0 Å². The third kappa shape index (κ3) is 4.71. The summed E-state index contributed by atoms with van der Waals surface area (Å²) in [4.78, 5) is 17.3. The Labute approximate surface area is 147 Å². The molecule has 3 nitrogen and oxygen atoms in total. The fraction of sp³-hybridized carbons (Fsp3) is 0.632. The van der Waals surface area contributed by atoms with Gasteiger partial charge in [-0.25, -0.2) is 0 Å². The average Bonchev–Trinajstić information content (AvgIpc) is 2.52. The van der Waals surface area contributed by atoms with Crippen LogP contribution in [0.3, 0.4) is 0 Å². The van der Waals surface area contributed by atoms with Crippen molar-refractivity contribution < 1.29 is 4.79 Å². The van der Waals surface area contributed by atoms with E-state index in [1.165, 1.54) is 19.3 Å². The summed E-state index contributed by atoms with van der Waals surface area (Å²) in [6.45, 7) is 7.58. The zero-order chi connectivity index (χ0) is 16.1. The van der Waals surface area contributed by atoms with Gasteiger partial charge in [0.2, 0.25) is 5.91 Å². The van der Waals surface area contributed by atoms with Crippen LogP contribution in [-0.4, -0.2) is 36.5 Å². The monoisotopic (exact) mass is 338 g/mol. The Morgan fingerprint density at radius 2 is 2.00 bits per heavy atom. The van der Waals surface area contributed by atoms with Gasteiger partial charge in [0.25, 0.3) is 0 Å². The number of hydrogen-bond acceptors (Lipinski definition) is 2. The summed E-state index contributed by atoms with van der Waals surface area (Å²) in [5.41, 5.74) is 2.18. The van der Waals surface area contributed by atoms with Crippen LogP contribution in [0.15, 0.2) is 24.3 Å². The molecule has 130 valence electrons. The predicted octanol–water partition coefficient (Wildman–Crippen LogP) is 4.42. The first-order valence-corrected chi connectivity index (χ1v) is 8.65. The summed E-state index contributed by atoms with van der Waals surface area (Å²) >= 11 is 0. The summed E-state index contributed by atoms with van der Waals surface area (Å²) in [6.07, 6.45) is 5.70. The fourth-order valence-corrected chi connectivity index (χ4v) is 3.51. The van der Waals surface area contributed by atoms with E-state index in [-0.39, 0.29) is 24.4 Å². The highest BCUT2D eigenvalue weighted by Gasteiger charge is 2.34. The summed E-state index contributed by atoms with van der Waals surface area (Å²) < 4.78 is 0. The number of anilines is 1. The topological polar surface area (TPSA) is 23.6 Å². The van der Waals surface area contributed by atoms with E-state index in [0.29, 0.717) is 6.04 Å². The fourth-order valence-electron chi connectivity index (χ4n) is 3.51. The van der Waals surface area contributed by atoms with Gasteiger partial charge in [0.05, 0.1) is 6.04 Å². The Kier molecular flexibility index (Phi) is 8.07. The second-order valence-electron chi connectivity index (χ2n) is 6.57. The number of carbonyl (C=O) groups is 1. The number of rotatable bonds is 5. The number of amides is 1. The first-order chi connectivity index (χ1) is 10.6. The van der Waals surface area contributed by atoms with E-state index >= 15 is 0 Å². The molecule has 0 saturated carbocycles. The minimum Gasteiger partial charge on any atom is -0.314 e. The maximum Gasteiger partial charge on any atom is 0.244 e. The molecule has 2 atom stereocenters. The van der Waals surface area contributed by atoms with E-state index < -0.39 is 0 Å². The van der Waals surface area contributed by atoms with Crippen LogP contribution in [0.25, 0.3) is 0 Å². The van der Waals surface area contributed by atoms with E-state index in [2.05, 4.69) is 31.7 Å². The maximum atomic E-state index is 13.1. The largest absolute Gasteiger partial charge is 0.314 e. The summed E-state index contributed by atoms with van der Waals surface area (Å²) in [5.74, 6) is 0.247. The number of carbonyl (C=O) groups excluding carboxylic acids is 1. The van der Waals surface area contributed by atoms with Crippen LogP contribution in [0.5, 0.6) is 0 Å². The van der Waals surface area contributed by atoms with Crippen molar-refractivity contribution in [3.05, 3.63) is 29.8 Å². The third-order valence-corrected chi connectivity index (χ3v) is 4.93. The highest BCUT2D eigenvalue weighted by atomic mass is 35.5. The third-order valence-electron chi connectivity index (χ3n) is 4.93. The van der Waals surface area contributed by atoms with Gasteiger partial charge in [0.15, 0.2) is 0 Å². The Hall–Kier alpha value is -1.06.